The Labute approximate surface area is 96.7 Å². The summed E-state index contributed by atoms with van der Waals surface area (Å²) in [5.74, 6) is 0. The van der Waals surface area contributed by atoms with E-state index in [9.17, 15) is 0 Å². The van der Waals surface area contributed by atoms with Crippen molar-refractivity contribution in [2.24, 2.45) is 5.41 Å². The monoisotopic (exact) mass is 262 g/mol. The second kappa shape index (κ2) is 5.50. The number of hydrogen-bond acceptors (Lipinski definition) is 1. The minimum atomic E-state index is 0.451. The summed E-state index contributed by atoms with van der Waals surface area (Å²) in [6.45, 7) is 7.80. The number of halogens is 1. The summed E-state index contributed by atoms with van der Waals surface area (Å²) in [6.07, 6.45) is 6.77. The quantitative estimate of drug-likeness (QED) is 0.547. The lowest BCUT2D eigenvalue weighted by atomic mass is 9.91. The highest BCUT2D eigenvalue weighted by atomic mass is 79.9. The molecule has 2 unspecified atom stereocenters. The predicted molar refractivity (Wildman–Crippen MR) is 65.0 cm³/mol. The second-order valence-electron chi connectivity index (χ2n) is 5.52. The SMILES string of the molecule is CC(C)(C)CCCOC1CCCC1Br. The van der Waals surface area contributed by atoms with Crippen LogP contribution in [0.15, 0.2) is 0 Å². The van der Waals surface area contributed by atoms with Crippen molar-refractivity contribution < 1.29 is 4.74 Å². The molecule has 0 spiro atoms. The van der Waals surface area contributed by atoms with Gasteiger partial charge in [-0.1, -0.05) is 36.7 Å². The molecule has 14 heavy (non-hydrogen) atoms. The highest BCUT2D eigenvalue weighted by Gasteiger charge is 2.25. The molecule has 0 saturated heterocycles. The molecule has 0 aromatic carbocycles. The lowest BCUT2D eigenvalue weighted by Crippen LogP contribution is -2.19. The third-order valence-corrected chi connectivity index (χ3v) is 3.82. The maximum absolute atomic E-state index is 5.86. The standard InChI is InChI=1S/C12H23BrO/c1-12(2,3)8-5-9-14-11-7-4-6-10(11)13/h10-11H,4-9H2,1-3H3. The highest BCUT2D eigenvalue weighted by Crippen LogP contribution is 2.28. The Balaban J connectivity index is 2.04. The van der Waals surface area contributed by atoms with E-state index in [1.165, 1.54) is 32.1 Å². The van der Waals surface area contributed by atoms with Gasteiger partial charge in [-0.3, -0.25) is 0 Å². The highest BCUT2D eigenvalue weighted by molar-refractivity contribution is 9.09. The van der Waals surface area contributed by atoms with Crippen LogP contribution in [0.4, 0.5) is 0 Å². The Hall–Kier alpha value is 0.440. The Kier molecular flexibility index (Phi) is 4.92. The molecule has 0 aromatic rings. The van der Waals surface area contributed by atoms with Gasteiger partial charge in [-0.25, -0.2) is 0 Å². The lowest BCUT2D eigenvalue weighted by molar-refractivity contribution is 0.0559. The van der Waals surface area contributed by atoms with Crippen LogP contribution in [0.1, 0.15) is 52.9 Å². The van der Waals surface area contributed by atoms with Gasteiger partial charge in [0, 0.05) is 11.4 Å². The largest absolute Gasteiger partial charge is 0.377 e. The number of alkyl halides is 1. The van der Waals surface area contributed by atoms with Gasteiger partial charge in [0.25, 0.3) is 0 Å². The maximum Gasteiger partial charge on any atom is 0.0700 e. The molecule has 2 heteroatoms. The number of rotatable bonds is 4. The van der Waals surface area contributed by atoms with Gasteiger partial charge >= 0.3 is 0 Å². The summed E-state index contributed by atoms with van der Waals surface area (Å²) < 4.78 is 5.86. The lowest BCUT2D eigenvalue weighted by Gasteiger charge is -2.19. The first-order valence-corrected chi connectivity index (χ1v) is 6.66. The first-order chi connectivity index (χ1) is 6.49. The van der Waals surface area contributed by atoms with Gasteiger partial charge in [0.05, 0.1) is 6.10 Å². The molecule has 0 bridgehead atoms. The summed E-state index contributed by atoms with van der Waals surface area (Å²) in [5, 5.41) is 0. The summed E-state index contributed by atoms with van der Waals surface area (Å²) in [5.41, 5.74) is 0.451. The van der Waals surface area contributed by atoms with Crippen LogP contribution in [0, 0.1) is 5.41 Å². The Morgan fingerprint density at radius 2 is 2.00 bits per heavy atom. The molecule has 1 aliphatic carbocycles. The van der Waals surface area contributed by atoms with Gasteiger partial charge in [-0.2, -0.15) is 0 Å². The van der Waals surface area contributed by atoms with Crippen molar-refractivity contribution in [3.8, 4) is 0 Å². The van der Waals surface area contributed by atoms with Gasteiger partial charge in [0.15, 0.2) is 0 Å². The van der Waals surface area contributed by atoms with E-state index >= 15 is 0 Å². The summed E-state index contributed by atoms with van der Waals surface area (Å²) in [7, 11) is 0. The molecule has 1 rings (SSSR count). The summed E-state index contributed by atoms with van der Waals surface area (Å²) in [4.78, 5) is 0.608. The number of hydrogen-bond donors (Lipinski definition) is 0. The molecule has 0 radical (unpaired) electrons. The molecule has 0 aliphatic heterocycles. The Morgan fingerprint density at radius 1 is 1.29 bits per heavy atom. The average Bonchev–Trinajstić information content (AvgIpc) is 2.44. The van der Waals surface area contributed by atoms with Gasteiger partial charge < -0.3 is 4.74 Å². The molecule has 1 aliphatic rings. The molecular formula is C12H23BrO. The first kappa shape index (κ1) is 12.5. The van der Waals surface area contributed by atoms with Crippen molar-refractivity contribution in [3.05, 3.63) is 0 Å². The van der Waals surface area contributed by atoms with Gasteiger partial charge in [-0.05, 0) is 37.5 Å². The van der Waals surface area contributed by atoms with Crippen LogP contribution < -0.4 is 0 Å². The zero-order valence-corrected chi connectivity index (χ0v) is 11.3. The van der Waals surface area contributed by atoms with Crippen molar-refractivity contribution >= 4 is 15.9 Å². The van der Waals surface area contributed by atoms with E-state index in [1.807, 2.05) is 0 Å². The molecule has 0 amide bonds. The first-order valence-electron chi connectivity index (χ1n) is 5.75. The molecule has 1 fully saturated rings. The van der Waals surface area contributed by atoms with Crippen LogP contribution in [0.5, 0.6) is 0 Å². The van der Waals surface area contributed by atoms with Crippen LogP contribution >= 0.6 is 15.9 Å². The molecule has 1 saturated carbocycles. The summed E-state index contributed by atoms with van der Waals surface area (Å²) in [6, 6.07) is 0. The van der Waals surface area contributed by atoms with Crippen LogP contribution in [-0.2, 0) is 4.74 Å². The fourth-order valence-corrected chi connectivity index (χ4v) is 2.65. The van der Waals surface area contributed by atoms with Crippen LogP contribution in [0.3, 0.4) is 0 Å². The predicted octanol–water partition coefficient (Wildman–Crippen LogP) is 4.15. The molecule has 0 aromatic heterocycles. The van der Waals surface area contributed by atoms with Crippen molar-refractivity contribution in [3.63, 3.8) is 0 Å². The summed E-state index contributed by atoms with van der Waals surface area (Å²) >= 11 is 3.67. The number of ether oxygens (including phenoxy) is 1. The van der Waals surface area contributed by atoms with E-state index in [4.69, 9.17) is 4.74 Å². The van der Waals surface area contributed by atoms with E-state index in [1.54, 1.807) is 0 Å². The van der Waals surface area contributed by atoms with Crippen molar-refractivity contribution in [1.29, 1.82) is 0 Å². The van der Waals surface area contributed by atoms with Gasteiger partial charge in [0.1, 0.15) is 0 Å². The van der Waals surface area contributed by atoms with Crippen molar-refractivity contribution in [2.75, 3.05) is 6.61 Å². The fraction of sp³-hybridized carbons (Fsp3) is 1.00. The third-order valence-electron chi connectivity index (χ3n) is 2.77. The van der Waals surface area contributed by atoms with E-state index in [0.717, 1.165) is 6.61 Å². The molecule has 0 N–H and O–H groups in total. The van der Waals surface area contributed by atoms with Gasteiger partial charge in [-0.15, -0.1) is 0 Å². The third kappa shape index (κ3) is 4.79. The van der Waals surface area contributed by atoms with Crippen molar-refractivity contribution in [1.82, 2.24) is 0 Å². The Bertz CT molecular complexity index is 162. The molecule has 84 valence electrons. The Morgan fingerprint density at radius 3 is 2.50 bits per heavy atom. The smallest absolute Gasteiger partial charge is 0.0700 e. The van der Waals surface area contributed by atoms with Gasteiger partial charge in [0.2, 0.25) is 0 Å². The molecule has 0 heterocycles. The molecule has 1 nitrogen and oxygen atoms in total. The molecular weight excluding hydrogens is 240 g/mol. The fourth-order valence-electron chi connectivity index (χ4n) is 1.91. The van der Waals surface area contributed by atoms with Crippen molar-refractivity contribution in [2.45, 2.75) is 63.8 Å². The normalized spacial score (nSPS) is 28.3. The minimum Gasteiger partial charge on any atom is -0.377 e. The van der Waals surface area contributed by atoms with Crippen LogP contribution in [0.2, 0.25) is 0 Å². The second-order valence-corrected chi connectivity index (χ2v) is 6.70. The zero-order valence-electron chi connectivity index (χ0n) is 9.68. The zero-order chi connectivity index (χ0) is 10.6. The molecule has 2 atom stereocenters. The maximum atomic E-state index is 5.86. The van der Waals surface area contributed by atoms with E-state index in [0.29, 0.717) is 16.3 Å². The average molecular weight is 263 g/mol. The van der Waals surface area contributed by atoms with E-state index in [-0.39, 0.29) is 0 Å². The van der Waals surface area contributed by atoms with Crippen LogP contribution in [0.25, 0.3) is 0 Å². The van der Waals surface area contributed by atoms with E-state index < -0.39 is 0 Å². The topological polar surface area (TPSA) is 9.23 Å². The minimum absolute atomic E-state index is 0.451. The van der Waals surface area contributed by atoms with E-state index in [2.05, 4.69) is 36.7 Å². The van der Waals surface area contributed by atoms with Crippen LogP contribution in [-0.4, -0.2) is 17.5 Å².